The van der Waals surface area contributed by atoms with Gasteiger partial charge < -0.3 is 9.84 Å². The van der Waals surface area contributed by atoms with E-state index in [1.807, 2.05) is 6.92 Å². The fourth-order valence-electron chi connectivity index (χ4n) is 1.12. The van der Waals surface area contributed by atoms with Gasteiger partial charge in [-0.15, -0.1) is 0 Å². The molecule has 0 radical (unpaired) electrons. The second-order valence-electron chi connectivity index (χ2n) is 2.86. The van der Waals surface area contributed by atoms with Crippen molar-refractivity contribution in [3.05, 3.63) is 24.3 Å². The van der Waals surface area contributed by atoms with Crippen molar-refractivity contribution >= 4 is 0 Å². The SMILES string of the molecule is CCOc1nc(-c2ccc(O)cc2)no1. The van der Waals surface area contributed by atoms with E-state index in [9.17, 15) is 0 Å². The first kappa shape index (κ1) is 9.51. The van der Waals surface area contributed by atoms with Gasteiger partial charge in [-0.3, -0.25) is 4.52 Å². The average molecular weight is 206 g/mol. The Bertz CT molecular complexity index is 436. The molecule has 78 valence electrons. The van der Waals surface area contributed by atoms with E-state index in [2.05, 4.69) is 10.1 Å². The fourth-order valence-corrected chi connectivity index (χ4v) is 1.12. The van der Waals surface area contributed by atoms with Crippen LogP contribution in [-0.4, -0.2) is 21.9 Å². The quantitative estimate of drug-likeness (QED) is 0.829. The van der Waals surface area contributed by atoms with Crippen LogP contribution in [0.1, 0.15) is 6.92 Å². The Morgan fingerprint density at radius 2 is 2.07 bits per heavy atom. The normalized spacial score (nSPS) is 10.2. The summed E-state index contributed by atoms with van der Waals surface area (Å²) in [6.07, 6.45) is 0.153. The highest BCUT2D eigenvalue weighted by atomic mass is 16.6. The van der Waals surface area contributed by atoms with Gasteiger partial charge in [0.15, 0.2) is 0 Å². The number of hydrogen-bond donors (Lipinski definition) is 1. The summed E-state index contributed by atoms with van der Waals surface area (Å²) in [5, 5.41) is 12.8. The van der Waals surface area contributed by atoms with Crippen LogP contribution >= 0.6 is 0 Å². The Morgan fingerprint density at radius 1 is 1.33 bits per heavy atom. The first-order valence-corrected chi connectivity index (χ1v) is 4.55. The number of aromatic nitrogens is 2. The van der Waals surface area contributed by atoms with Crippen LogP contribution in [0.5, 0.6) is 11.8 Å². The second kappa shape index (κ2) is 4.00. The van der Waals surface area contributed by atoms with Crippen LogP contribution in [-0.2, 0) is 0 Å². The zero-order valence-electron chi connectivity index (χ0n) is 8.17. The summed E-state index contributed by atoms with van der Waals surface area (Å²) in [6.45, 7) is 2.32. The lowest BCUT2D eigenvalue weighted by Crippen LogP contribution is -1.90. The van der Waals surface area contributed by atoms with Gasteiger partial charge in [0.25, 0.3) is 0 Å². The maximum Gasteiger partial charge on any atom is 0.417 e. The number of phenolic OH excluding ortho intramolecular Hbond substituents is 1. The lowest BCUT2D eigenvalue weighted by Gasteiger charge is -1.93. The minimum Gasteiger partial charge on any atom is -0.508 e. The van der Waals surface area contributed by atoms with E-state index in [1.165, 1.54) is 0 Å². The lowest BCUT2D eigenvalue weighted by atomic mass is 10.2. The molecule has 1 aromatic carbocycles. The highest BCUT2D eigenvalue weighted by Crippen LogP contribution is 2.20. The molecule has 0 aliphatic carbocycles. The van der Waals surface area contributed by atoms with Crippen LogP contribution in [0.15, 0.2) is 28.8 Å². The summed E-state index contributed by atoms with van der Waals surface area (Å²) < 4.78 is 9.89. The van der Waals surface area contributed by atoms with Crippen LogP contribution in [0.3, 0.4) is 0 Å². The van der Waals surface area contributed by atoms with Crippen molar-refractivity contribution in [3.63, 3.8) is 0 Å². The molecule has 0 fully saturated rings. The van der Waals surface area contributed by atoms with Gasteiger partial charge in [0.2, 0.25) is 5.82 Å². The van der Waals surface area contributed by atoms with Gasteiger partial charge in [-0.25, -0.2) is 0 Å². The molecule has 0 spiro atoms. The Labute approximate surface area is 86.3 Å². The largest absolute Gasteiger partial charge is 0.508 e. The third-order valence-corrected chi connectivity index (χ3v) is 1.80. The van der Waals surface area contributed by atoms with E-state index in [-0.39, 0.29) is 11.8 Å². The number of aromatic hydroxyl groups is 1. The number of ether oxygens (including phenoxy) is 1. The van der Waals surface area contributed by atoms with Gasteiger partial charge in [0.05, 0.1) is 6.61 Å². The van der Waals surface area contributed by atoms with E-state index < -0.39 is 0 Å². The molecular formula is C10H10N2O3. The maximum atomic E-state index is 9.10. The molecule has 5 nitrogen and oxygen atoms in total. The van der Waals surface area contributed by atoms with Crippen molar-refractivity contribution in [2.75, 3.05) is 6.61 Å². The van der Waals surface area contributed by atoms with Crippen molar-refractivity contribution in [3.8, 4) is 23.2 Å². The maximum absolute atomic E-state index is 9.10. The molecule has 0 amide bonds. The zero-order valence-corrected chi connectivity index (χ0v) is 8.17. The Hall–Kier alpha value is -2.04. The number of rotatable bonds is 3. The molecule has 2 aromatic rings. The van der Waals surface area contributed by atoms with Gasteiger partial charge in [0.1, 0.15) is 5.75 Å². The standard InChI is InChI=1S/C10H10N2O3/c1-2-14-10-11-9(12-15-10)7-3-5-8(13)6-4-7/h3-6,13H,2H2,1H3. The van der Waals surface area contributed by atoms with Gasteiger partial charge in [-0.1, -0.05) is 5.16 Å². The third kappa shape index (κ3) is 2.07. The lowest BCUT2D eigenvalue weighted by molar-refractivity contribution is 0.215. The van der Waals surface area contributed by atoms with Crippen molar-refractivity contribution in [2.24, 2.45) is 0 Å². The highest BCUT2D eigenvalue weighted by molar-refractivity contribution is 5.55. The molecular weight excluding hydrogens is 196 g/mol. The Balaban J connectivity index is 2.25. The van der Waals surface area contributed by atoms with Crippen LogP contribution in [0, 0.1) is 0 Å². The van der Waals surface area contributed by atoms with Crippen molar-refractivity contribution in [1.29, 1.82) is 0 Å². The van der Waals surface area contributed by atoms with Crippen molar-refractivity contribution in [2.45, 2.75) is 6.92 Å². The summed E-state index contributed by atoms with van der Waals surface area (Å²) in [5.74, 6) is 0.644. The monoisotopic (exact) mass is 206 g/mol. The summed E-state index contributed by atoms with van der Waals surface area (Å²) in [4.78, 5) is 4.02. The summed E-state index contributed by atoms with van der Waals surface area (Å²) in [7, 11) is 0. The summed E-state index contributed by atoms with van der Waals surface area (Å²) in [6, 6.07) is 6.53. The fraction of sp³-hybridized carbons (Fsp3) is 0.200. The van der Waals surface area contributed by atoms with E-state index >= 15 is 0 Å². The molecule has 15 heavy (non-hydrogen) atoms. The number of nitrogens with zero attached hydrogens (tertiary/aromatic N) is 2. The van der Waals surface area contributed by atoms with Crippen LogP contribution in [0.25, 0.3) is 11.4 Å². The molecule has 0 saturated carbocycles. The molecule has 2 rings (SSSR count). The molecule has 0 bridgehead atoms. The Kier molecular flexibility index (Phi) is 2.53. The molecule has 0 saturated heterocycles. The third-order valence-electron chi connectivity index (χ3n) is 1.80. The minimum absolute atomic E-state index is 0.153. The molecule has 5 heteroatoms. The molecule has 1 heterocycles. The van der Waals surface area contributed by atoms with E-state index in [4.69, 9.17) is 14.4 Å². The van der Waals surface area contributed by atoms with Gasteiger partial charge in [-0.2, -0.15) is 4.98 Å². The average Bonchev–Trinajstić information content (AvgIpc) is 2.68. The van der Waals surface area contributed by atoms with Crippen molar-refractivity contribution in [1.82, 2.24) is 10.1 Å². The summed E-state index contributed by atoms with van der Waals surface area (Å²) >= 11 is 0. The predicted octanol–water partition coefficient (Wildman–Crippen LogP) is 1.84. The number of phenols is 1. The second-order valence-corrected chi connectivity index (χ2v) is 2.86. The van der Waals surface area contributed by atoms with Gasteiger partial charge >= 0.3 is 6.08 Å². The molecule has 1 aromatic heterocycles. The molecule has 0 aliphatic rings. The smallest absolute Gasteiger partial charge is 0.417 e. The van der Waals surface area contributed by atoms with Crippen molar-refractivity contribution < 1.29 is 14.4 Å². The van der Waals surface area contributed by atoms with Gasteiger partial charge in [-0.05, 0) is 31.2 Å². The van der Waals surface area contributed by atoms with E-state index in [1.54, 1.807) is 24.3 Å². The highest BCUT2D eigenvalue weighted by Gasteiger charge is 2.08. The van der Waals surface area contributed by atoms with Crippen LogP contribution in [0.2, 0.25) is 0 Å². The van der Waals surface area contributed by atoms with Gasteiger partial charge in [0, 0.05) is 5.56 Å². The number of hydrogen-bond acceptors (Lipinski definition) is 5. The first-order chi connectivity index (χ1) is 7.29. The molecule has 0 atom stereocenters. The van der Waals surface area contributed by atoms with E-state index in [0.29, 0.717) is 12.4 Å². The minimum atomic E-state index is 0.153. The molecule has 1 N–H and O–H groups in total. The molecule has 0 unspecified atom stereocenters. The Morgan fingerprint density at radius 3 is 2.73 bits per heavy atom. The molecule has 0 aliphatic heterocycles. The predicted molar refractivity (Wildman–Crippen MR) is 52.6 cm³/mol. The van der Waals surface area contributed by atoms with E-state index in [0.717, 1.165) is 5.56 Å². The zero-order chi connectivity index (χ0) is 10.7. The summed E-state index contributed by atoms with van der Waals surface area (Å²) in [5.41, 5.74) is 0.766. The van der Waals surface area contributed by atoms with Crippen LogP contribution < -0.4 is 4.74 Å². The number of benzene rings is 1. The first-order valence-electron chi connectivity index (χ1n) is 4.55. The topological polar surface area (TPSA) is 68.4 Å². The van der Waals surface area contributed by atoms with Crippen LogP contribution in [0.4, 0.5) is 0 Å².